The first-order valence-corrected chi connectivity index (χ1v) is 9.74. The van der Waals surface area contributed by atoms with E-state index < -0.39 is 0 Å². The number of hydrogen-bond donors (Lipinski definition) is 2. The summed E-state index contributed by atoms with van der Waals surface area (Å²) >= 11 is 7.71. The normalized spacial score (nSPS) is 11.8. The van der Waals surface area contributed by atoms with Crippen molar-refractivity contribution in [2.75, 3.05) is 5.32 Å². The first-order chi connectivity index (χ1) is 13.1. The second-order valence-corrected chi connectivity index (χ2v) is 7.20. The summed E-state index contributed by atoms with van der Waals surface area (Å²) in [5.41, 5.74) is 1.54. The summed E-state index contributed by atoms with van der Waals surface area (Å²) in [6.07, 6.45) is 8.34. The van der Waals surface area contributed by atoms with Crippen LogP contribution in [0.25, 0.3) is 0 Å². The van der Waals surface area contributed by atoms with Crippen molar-refractivity contribution in [2.24, 2.45) is 0 Å². The van der Waals surface area contributed by atoms with Gasteiger partial charge in [0.05, 0.1) is 29.1 Å². The number of pyridine rings is 1. The SMILES string of the molecule is CCC[C@@H](NC(=O)c1nccs1)c1cnc(Nc2cnc(C)nc2)c(Cl)c1. The molecule has 3 aromatic heterocycles. The Balaban J connectivity index is 1.76. The van der Waals surface area contributed by atoms with Crippen LogP contribution < -0.4 is 10.6 Å². The van der Waals surface area contributed by atoms with Gasteiger partial charge < -0.3 is 10.6 Å². The first kappa shape index (κ1) is 19.2. The summed E-state index contributed by atoms with van der Waals surface area (Å²) < 4.78 is 0. The Kier molecular flexibility index (Phi) is 6.31. The summed E-state index contributed by atoms with van der Waals surface area (Å²) in [5.74, 6) is 1.00. The van der Waals surface area contributed by atoms with Crippen molar-refractivity contribution >= 4 is 40.4 Å². The van der Waals surface area contributed by atoms with Crippen molar-refractivity contribution < 1.29 is 4.79 Å². The summed E-state index contributed by atoms with van der Waals surface area (Å²) in [7, 11) is 0. The van der Waals surface area contributed by atoms with E-state index in [1.165, 1.54) is 11.3 Å². The molecular formula is C18H19ClN6OS. The van der Waals surface area contributed by atoms with Gasteiger partial charge in [0.25, 0.3) is 5.91 Å². The van der Waals surface area contributed by atoms with E-state index in [1.807, 2.05) is 13.0 Å². The molecule has 9 heteroatoms. The van der Waals surface area contributed by atoms with Gasteiger partial charge in [0.1, 0.15) is 11.6 Å². The molecule has 0 unspecified atom stereocenters. The number of carbonyl (C=O) groups excluding carboxylic acids is 1. The van der Waals surface area contributed by atoms with Crippen LogP contribution in [-0.4, -0.2) is 25.8 Å². The van der Waals surface area contributed by atoms with E-state index in [2.05, 4.69) is 37.5 Å². The molecular weight excluding hydrogens is 384 g/mol. The van der Waals surface area contributed by atoms with Crippen molar-refractivity contribution in [1.82, 2.24) is 25.3 Å². The van der Waals surface area contributed by atoms with E-state index in [-0.39, 0.29) is 11.9 Å². The van der Waals surface area contributed by atoms with Gasteiger partial charge in [-0.05, 0) is 25.0 Å². The van der Waals surface area contributed by atoms with Crippen LogP contribution in [0.5, 0.6) is 0 Å². The summed E-state index contributed by atoms with van der Waals surface area (Å²) in [4.78, 5) is 29.1. The van der Waals surface area contributed by atoms with Crippen LogP contribution in [0.1, 0.15) is 47.0 Å². The predicted molar refractivity (Wildman–Crippen MR) is 107 cm³/mol. The van der Waals surface area contributed by atoms with Crippen LogP contribution in [0, 0.1) is 6.92 Å². The minimum absolute atomic E-state index is 0.187. The summed E-state index contributed by atoms with van der Waals surface area (Å²) in [5, 5.41) is 8.78. The third-order valence-corrected chi connectivity index (χ3v) is 4.88. The standard InChI is InChI=1S/C18H19ClN6OS/c1-3-4-15(25-17(26)18-20-5-6-27-18)12-7-14(19)16(23-8-12)24-13-9-21-11(2)22-10-13/h5-10,15H,3-4H2,1-2H3,(H,23,24)(H,25,26)/t15-/m1/s1. The molecule has 0 aromatic carbocycles. The number of thiazole rings is 1. The molecule has 3 heterocycles. The Hall–Kier alpha value is -2.58. The molecule has 3 aromatic rings. The summed E-state index contributed by atoms with van der Waals surface area (Å²) in [6.45, 7) is 3.88. The van der Waals surface area contributed by atoms with Crippen molar-refractivity contribution in [2.45, 2.75) is 32.7 Å². The molecule has 0 aliphatic rings. The minimum atomic E-state index is -0.196. The number of hydrogen-bond acceptors (Lipinski definition) is 7. The smallest absolute Gasteiger partial charge is 0.280 e. The van der Waals surface area contributed by atoms with Gasteiger partial charge >= 0.3 is 0 Å². The predicted octanol–water partition coefficient (Wildman–Crippen LogP) is 4.30. The molecule has 1 amide bonds. The Bertz CT molecular complexity index is 901. The number of nitrogens with one attached hydrogen (secondary N) is 2. The molecule has 0 aliphatic heterocycles. The fraction of sp³-hybridized carbons (Fsp3) is 0.278. The number of aromatic nitrogens is 4. The number of halogens is 1. The van der Waals surface area contributed by atoms with E-state index in [0.717, 1.165) is 18.4 Å². The maximum Gasteiger partial charge on any atom is 0.280 e. The van der Waals surface area contributed by atoms with E-state index >= 15 is 0 Å². The number of rotatable bonds is 7. The quantitative estimate of drug-likeness (QED) is 0.611. The van der Waals surface area contributed by atoms with Crippen LogP contribution in [0.3, 0.4) is 0 Å². The molecule has 0 radical (unpaired) electrons. The molecule has 27 heavy (non-hydrogen) atoms. The molecule has 140 valence electrons. The maximum atomic E-state index is 12.3. The molecule has 0 spiro atoms. The van der Waals surface area contributed by atoms with Gasteiger partial charge in [-0.2, -0.15) is 0 Å². The molecule has 0 aliphatic carbocycles. The molecule has 0 saturated heterocycles. The van der Waals surface area contributed by atoms with E-state index in [9.17, 15) is 4.79 Å². The minimum Gasteiger partial charge on any atom is -0.343 e. The fourth-order valence-corrected chi connectivity index (χ4v) is 3.26. The van der Waals surface area contributed by atoms with Gasteiger partial charge in [0.2, 0.25) is 0 Å². The second-order valence-electron chi connectivity index (χ2n) is 5.90. The van der Waals surface area contributed by atoms with Crippen molar-refractivity contribution in [3.8, 4) is 0 Å². The zero-order valence-corrected chi connectivity index (χ0v) is 16.5. The first-order valence-electron chi connectivity index (χ1n) is 8.48. The topological polar surface area (TPSA) is 92.7 Å². The lowest BCUT2D eigenvalue weighted by Crippen LogP contribution is -2.28. The van der Waals surface area contributed by atoms with Gasteiger partial charge in [-0.1, -0.05) is 24.9 Å². The van der Waals surface area contributed by atoms with Crippen molar-refractivity contribution in [1.29, 1.82) is 0 Å². The lowest BCUT2D eigenvalue weighted by Gasteiger charge is -2.18. The third-order valence-electron chi connectivity index (χ3n) is 3.82. The van der Waals surface area contributed by atoms with Gasteiger partial charge in [0, 0.05) is 17.8 Å². The average molecular weight is 403 g/mol. The highest BCUT2D eigenvalue weighted by molar-refractivity contribution is 7.11. The van der Waals surface area contributed by atoms with Gasteiger partial charge in [-0.15, -0.1) is 11.3 Å². The largest absolute Gasteiger partial charge is 0.343 e. The fourth-order valence-electron chi connectivity index (χ4n) is 2.50. The molecule has 0 saturated carbocycles. The van der Waals surface area contributed by atoms with Crippen LogP contribution in [0.4, 0.5) is 11.5 Å². The summed E-state index contributed by atoms with van der Waals surface area (Å²) in [6, 6.07) is 1.63. The molecule has 0 bridgehead atoms. The zero-order chi connectivity index (χ0) is 19.2. The highest BCUT2D eigenvalue weighted by Crippen LogP contribution is 2.27. The highest BCUT2D eigenvalue weighted by atomic mass is 35.5. The van der Waals surface area contributed by atoms with Crippen LogP contribution >= 0.6 is 22.9 Å². The maximum absolute atomic E-state index is 12.3. The number of nitrogens with zero attached hydrogens (tertiary/aromatic N) is 4. The van der Waals surface area contributed by atoms with Gasteiger partial charge in [-0.3, -0.25) is 4.79 Å². The second kappa shape index (κ2) is 8.88. The average Bonchev–Trinajstić information content (AvgIpc) is 3.20. The Morgan fingerprint density at radius 3 is 2.63 bits per heavy atom. The number of aryl methyl sites for hydroxylation is 1. The van der Waals surface area contributed by atoms with Gasteiger partial charge in [0.15, 0.2) is 5.01 Å². The van der Waals surface area contributed by atoms with Crippen LogP contribution in [0.15, 0.2) is 36.2 Å². The van der Waals surface area contributed by atoms with Crippen LogP contribution in [-0.2, 0) is 0 Å². The van der Waals surface area contributed by atoms with E-state index in [1.54, 1.807) is 30.2 Å². The Morgan fingerprint density at radius 1 is 1.22 bits per heavy atom. The van der Waals surface area contributed by atoms with Crippen molar-refractivity contribution in [3.63, 3.8) is 0 Å². The third kappa shape index (κ3) is 4.99. The molecule has 0 fully saturated rings. The van der Waals surface area contributed by atoms with Crippen molar-refractivity contribution in [3.05, 3.63) is 57.7 Å². The highest BCUT2D eigenvalue weighted by Gasteiger charge is 2.18. The number of carbonyl (C=O) groups is 1. The van der Waals surface area contributed by atoms with Gasteiger partial charge in [-0.25, -0.2) is 19.9 Å². The molecule has 1 atom stereocenters. The monoisotopic (exact) mass is 402 g/mol. The number of amides is 1. The lowest BCUT2D eigenvalue weighted by atomic mass is 10.0. The zero-order valence-electron chi connectivity index (χ0n) is 14.9. The number of anilines is 2. The molecule has 2 N–H and O–H groups in total. The molecule has 7 nitrogen and oxygen atoms in total. The molecule has 3 rings (SSSR count). The Morgan fingerprint density at radius 2 is 2.00 bits per heavy atom. The lowest BCUT2D eigenvalue weighted by molar-refractivity contribution is 0.0934. The van der Waals surface area contributed by atoms with E-state index in [0.29, 0.717) is 27.4 Å². The van der Waals surface area contributed by atoms with Crippen LogP contribution in [0.2, 0.25) is 5.02 Å². The Labute approximate surface area is 166 Å². The van der Waals surface area contributed by atoms with E-state index in [4.69, 9.17) is 11.6 Å².